The van der Waals surface area contributed by atoms with Gasteiger partial charge in [-0.1, -0.05) is 32.1 Å². The normalized spacial score (nSPS) is 18.1. The van der Waals surface area contributed by atoms with Crippen molar-refractivity contribution in [3.8, 4) is 0 Å². The van der Waals surface area contributed by atoms with Gasteiger partial charge < -0.3 is 10.3 Å². The number of nitrogen functional groups attached to an aromatic ring is 1. The summed E-state index contributed by atoms with van der Waals surface area (Å²) < 4.78 is 29.3. The third kappa shape index (κ3) is 2.25. The van der Waals surface area contributed by atoms with Crippen molar-refractivity contribution in [3.05, 3.63) is 23.8 Å². The first kappa shape index (κ1) is 13.3. The summed E-state index contributed by atoms with van der Waals surface area (Å²) in [6.45, 7) is 0. The molecule has 0 saturated heterocycles. The van der Waals surface area contributed by atoms with Crippen LogP contribution < -0.4 is 5.73 Å². The van der Waals surface area contributed by atoms with Crippen LogP contribution in [0.4, 0.5) is 14.7 Å². The van der Waals surface area contributed by atoms with Gasteiger partial charge in [0.25, 0.3) is 0 Å². The van der Waals surface area contributed by atoms with Crippen LogP contribution in [0.5, 0.6) is 0 Å². The van der Waals surface area contributed by atoms with E-state index in [1.54, 1.807) is 4.57 Å². The topological polar surface area (TPSA) is 43.8 Å². The molecule has 1 aromatic carbocycles. The van der Waals surface area contributed by atoms with E-state index in [2.05, 4.69) is 4.98 Å². The highest BCUT2D eigenvalue weighted by molar-refractivity contribution is 5.79. The van der Waals surface area contributed by atoms with Crippen LogP contribution in [0.25, 0.3) is 11.0 Å². The van der Waals surface area contributed by atoms with Gasteiger partial charge in [0, 0.05) is 6.04 Å². The molecule has 0 atom stereocenters. The second-order valence-corrected chi connectivity index (χ2v) is 5.57. The molecule has 2 N–H and O–H groups in total. The maximum absolute atomic E-state index is 14.1. The van der Waals surface area contributed by atoms with Crippen LogP contribution in [-0.4, -0.2) is 9.55 Å². The zero-order valence-electron chi connectivity index (χ0n) is 11.4. The number of anilines is 1. The van der Waals surface area contributed by atoms with Gasteiger partial charge in [-0.2, -0.15) is 0 Å². The van der Waals surface area contributed by atoms with Gasteiger partial charge >= 0.3 is 0 Å². The monoisotopic (exact) mass is 279 g/mol. The van der Waals surface area contributed by atoms with Gasteiger partial charge in [0.05, 0.1) is 5.52 Å². The minimum absolute atomic E-state index is 0.122. The van der Waals surface area contributed by atoms with E-state index in [1.807, 2.05) is 0 Å². The fourth-order valence-corrected chi connectivity index (χ4v) is 3.20. The van der Waals surface area contributed by atoms with E-state index in [4.69, 9.17) is 5.73 Å². The van der Waals surface area contributed by atoms with Crippen molar-refractivity contribution in [2.45, 2.75) is 51.0 Å². The first-order chi connectivity index (χ1) is 9.68. The lowest BCUT2D eigenvalue weighted by atomic mass is 9.96. The number of rotatable bonds is 1. The zero-order valence-corrected chi connectivity index (χ0v) is 11.4. The molecule has 1 aliphatic carbocycles. The molecule has 1 aliphatic rings. The summed E-state index contributed by atoms with van der Waals surface area (Å²) in [6, 6.07) is 2.72. The number of imidazole rings is 1. The Kier molecular flexibility index (Phi) is 3.59. The van der Waals surface area contributed by atoms with Gasteiger partial charge in [0.15, 0.2) is 11.6 Å². The lowest BCUT2D eigenvalue weighted by Crippen LogP contribution is -2.14. The number of hydrogen-bond donors (Lipinski definition) is 1. The van der Waals surface area contributed by atoms with Crippen molar-refractivity contribution in [2.75, 3.05) is 5.73 Å². The van der Waals surface area contributed by atoms with E-state index in [1.165, 1.54) is 25.3 Å². The second kappa shape index (κ2) is 5.38. The molecule has 0 spiro atoms. The molecule has 5 heteroatoms. The lowest BCUT2D eigenvalue weighted by Gasteiger charge is -2.23. The van der Waals surface area contributed by atoms with Gasteiger partial charge in [-0.15, -0.1) is 0 Å². The molecule has 1 aromatic heterocycles. The van der Waals surface area contributed by atoms with Crippen molar-refractivity contribution in [3.63, 3.8) is 0 Å². The van der Waals surface area contributed by atoms with Crippen molar-refractivity contribution >= 4 is 17.0 Å². The molecule has 1 fully saturated rings. The van der Waals surface area contributed by atoms with E-state index in [9.17, 15) is 8.78 Å². The Morgan fingerprint density at radius 2 is 1.70 bits per heavy atom. The summed E-state index contributed by atoms with van der Waals surface area (Å²) >= 11 is 0. The molecule has 0 unspecified atom stereocenters. The highest BCUT2D eigenvalue weighted by Crippen LogP contribution is 2.33. The van der Waals surface area contributed by atoms with Crippen LogP contribution in [0.2, 0.25) is 0 Å². The third-order valence-electron chi connectivity index (χ3n) is 4.21. The SMILES string of the molecule is Nc1nc2ccc(F)c(F)c2n1C1CCCCCCC1. The Morgan fingerprint density at radius 1 is 1.05 bits per heavy atom. The number of nitrogens with two attached hydrogens (primary N) is 1. The van der Waals surface area contributed by atoms with Crippen LogP contribution in [0.15, 0.2) is 12.1 Å². The number of aromatic nitrogens is 2. The standard InChI is InChI=1S/C15H19F2N3/c16-11-8-9-12-14(13(11)17)20(15(18)19-12)10-6-4-2-1-3-5-7-10/h8-10H,1-7H2,(H2,18,19). The van der Waals surface area contributed by atoms with Gasteiger partial charge in [-0.05, 0) is 25.0 Å². The van der Waals surface area contributed by atoms with E-state index < -0.39 is 11.6 Å². The van der Waals surface area contributed by atoms with Crippen molar-refractivity contribution in [1.29, 1.82) is 0 Å². The molecule has 1 heterocycles. The Labute approximate surface area is 116 Å². The zero-order chi connectivity index (χ0) is 14.1. The second-order valence-electron chi connectivity index (χ2n) is 5.57. The lowest BCUT2D eigenvalue weighted by molar-refractivity contribution is 0.378. The Morgan fingerprint density at radius 3 is 2.40 bits per heavy atom. The van der Waals surface area contributed by atoms with Gasteiger partial charge in [-0.3, -0.25) is 0 Å². The Balaban J connectivity index is 2.09. The molecule has 3 rings (SSSR count). The van der Waals surface area contributed by atoms with Crippen molar-refractivity contribution in [1.82, 2.24) is 9.55 Å². The molecule has 1 saturated carbocycles. The highest BCUT2D eigenvalue weighted by Gasteiger charge is 2.22. The molecule has 20 heavy (non-hydrogen) atoms. The molecular formula is C15H19F2N3. The number of benzene rings is 1. The summed E-state index contributed by atoms with van der Waals surface area (Å²) in [7, 11) is 0. The minimum Gasteiger partial charge on any atom is -0.369 e. The summed E-state index contributed by atoms with van der Waals surface area (Å²) in [5, 5.41) is 0. The van der Waals surface area contributed by atoms with E-state index in [0.717, 1.165) is 31.7 Å². The first-order valence-electron chi connectivity index (χ1n) is 7.30. The third-order valence-corrected chi connectivity index (χ3v) is 4.21. The number of fused-ring (bicyclic) bond motifs is 1. The largest absolute Gasteiger partial charge is 0.369 e. The smallest absolute Gasteiger partial charge is 0.201 e. The summed E-state index contributed by atoms with van der Waals surface area (Å²) in [5.74, 6) is -1.40. The van der Waals surface area contributed by atoms with Crippen molar-refractivity contribution in [2.24, 2.45) is 0 Å². The molecule has 2 aromatic rings. The summed E-state index contributed by atoms with van der Waals surface area (Å²) in [5.41, 5.74) is 6.61. The van der Waals surface area contributed by atoms with Crippen LogP contribution in [0, 0.1) is 11.6 Å². The highest BCUT2D eigenvalue weighted by atomic mass is 19.2. The first-order valence-corrected chi connectivity index (χ1v) is 7.30. The predicted octanol–water partition coefficient (Wildman–Crippen LogP) is 4.18. The van der Waals surface area contributed by atoms with Crippen molar-refractivity contribution < 1.29 is 8.78 Å². The van der Waals surface area contributed by atoms with Crippen LogP contribution >= 0.6 is 0 Å². The maximum Gasteiger partial charge on any atom is 0.201 e. The molecule has 0 aliphatic heterocycles. The van der Waals surface area contributed by atoms with Crippen LogP contribution in [0.1, 0.15) is 51.0 Å². The minimum atomic E-state index is -0.843. The van der Waals surface area contributed by atoms with E-state index in [0.29, 0.717) is 5.52 Å². The summed E-state index contributed by atoms with van der Waals surface area (Å²) in [6.07, 6.45) is 7.74. The van der Waals surface area contributed by atoms with E-state index in [-0.39, 0.29) is 17.5 Å². The average molecular weight is 279 g/mol. The average Bonchev–Trinajstić information content (AvgIpc) is 2.71. The number of halogens is 2. The van der Waals surface area contributed by atoms with Gasteiger partial charge in [0.1, 0.15) is 5.52 Å². The Hall–Kier alpha value is -1.65. The quantitative estimate of drug-likeness (QED) is 0.851. The molecule has 0 radical (unpaired) electrons. The number of hydrogen-bond acceptors (Lipinski definition) is 2. The predicted molar refractivity (Wildman–Crippen MR) is 75.4 cm³/mol. The van der Waals surface area contributed by atoms with E-state index >= 15 is 0 Å². The fraction of sp³-hybridized carbons (Fsp3) is 0.533. The van der Waals surface area contributed by atoms with Crippen LogP contribution in [0.3, 0.4) is 0 Å². The Bertz CT molecular complexity index is 613. The van der Waals surface area contributed by atoms with Gasteiger partial charge in [0.2, 0.25) is 5.95 Å². The fourth-order valence-electron chi connectivity index (χ4n) is 3.20. The molecule has 3 nitrogen and oxygen atoms in total. The van der Waals surface area contributed by atoms with Crippen LogP contribution in [-0.2, 0) is 0 Å². The molecule has 108 valence electrons. The maximum atomic E-state index is 14.1. The number of nitrogens with zero attached hydrogens (tertiary/aromatic N) is 2. The molecular weight excluding hydrogens is 260 g/mol. The van der Waals surface area contributed by atoms with Gasteiger partial charge in [-0.25, -0.2) is 13.8 Å². The molecule has 0 amide bonds. The molecule has 0 bridgehead atoms. The summed E-state index contributed by atoms with van der Waals surface area (Å²) in [4.78, 5) is 4.18.